The molecule has 3 amide bonds. The molecule has 0 heterocycles. The molecule has 0 aliphatic heterocycles. The summed E-state index contributed by atoms with van der Waals surface area (Å²) in [6, 6.07) is 14.1. The summed E-state index contributed by atoms with van der Waals surface area (Å²) in [5.74, 6) is -0.366. The lowest BCUT2D eigenvalue weighted by molar-refractivity contribution is -0.122. The van der Waals surface area contributed by atoms with Gasteiger partial charge in [-0.05, 0) is 23.3 Å². The molecule has 0 radical (unpaired) electrons. The predicted molar refractivity (Wildman–Crippen MR) is 105 cm³/mol. The van der Waals surface area contributed by atoms with Crippen LogP contribution in [0.4, 0.5) is 10.5 Å². The van der Waals surface area contributed by atoms with Crippen molar-refractivity contribution in [3.8, 4) is 0 Å². The minimum atomic E-state index is -4.36. The number of urea groups is 1. The van der Waals surface area contributed by atoms with Gasteiger partial charge in [0.05, 0.1) is 5.69 Å². The van der Waals surface area contributed by atoms with Crippen molar-refractivity contribution in [1.29, 1.82) is 0 Å². The summed E-state index contributed by atoms with van der Waals surface area (Å²) in [6.45, 7) is 0.323. The van der Waals surface area contributed by atoms with E-state index in [1.54, 1.807) is 12.1 Å². The monoisotopic (exact) mass is 406 g/mol. The zero-order valence-electron chi connectivity index (χ0n) is 15.2. The van der Waals surface area contributed by atoms with Gasteiger partial charge in [0.25, 0.3) is 0 Å². The van der Waals surface area contributed by atoms with E-state index in [1.807, 2.05) is 35.1 Å². The van der Waals surface area contributed by atoms with Crippen LogP contribution in [0.1, 0.15) is 11.1 Å². The second-order valence-electron chi connectivity index (χ2n) is 5.96. The number of carbonyl (C=O) groups excluding carboxylic acids is 2. The van der Waals surface area contributed by atoms with Gasteiger partial charge < -0.3 is 16.0 Å². The van der Waals surface area contributed by atoms with E-state index in [2.05, 4.69) is 16.0 Å². The highest BCUT2D eigenvalue weighted by atomic mass is 32.2. The Kier molecular flexibility index (Phi) is 7.36. The maximum absolute atomic E-state index is 12.1. The highest BCUT2D eigenvalue weighted by molar-refractivity contribution is 7.87. The van der Waals surface area contributed by atoms with E-state index < -0.39 is 22.4 Å². The summed E-state index contributed by atoms with van der Waals surface area (Å²) in [5.41, 5.74) is 1.80. The normalized spacial score (nSPS) is 11.9. The molecule has 0 aliphatic carbocycles. The molecule has 0 spiro atoms. The van der Waals surface area contributed by atoms with Gasteiger partial charge in [-0.25, -0.2) is 4.79 Å². The van der Waals surface area contributed by atoms with Gasteiger partial charge in [0, 0.05) is 20.0 Å². The van der Waals surface area contributed by atoms with E-state index >= 15 is 0 Å². The van der Waals surface area contributed by atoms with Gasteiger partial charge in [-0.1, -0.05) is 42.5 Å². The third-order valence-electron chi connectivity index (χ3n) is 3.80. The molecule has 5 N–H and O–H groups in total. The van der Waals surface area contributed by atoms with Crippen molar-refractivity contribution in [2.75, 3.05) is 11.8 Å². The smallest absolute Gasteiger partial charge is 0.357 e. The Morgan fingerprint density at radius 2 is 1.64 bits per heavy atom. The minimum absolute atomic E-state index is 0.177. The second kappa shape index (κ2) is 9.72. The molecule has 2 rings (SSSR count). The van der Waals surface area contributed by atoms with Crippen molar-refractivity contribution in [2.45, 2.75) is 19.0 Å². The third-order valence-corrected chi connectivity index (χ3v) is 4.30. The molecule has 1 atom stereocenters. The van der Waals surface area contributed by atoms with Crippen molar-refractivity contribution in [1.82, 2.24) is 16.0 Å². The van der Waals surface area contributed by atoms with Crippen LogP contribution in [0.15, 0.2) is 54.6 Å². The topological polar surface area (TPSA) is 137 Å². The van der Waals surface area contributed by atoms with Crippen LogP contribution in [0.2, 0.25) is 0 Å². The van der Waals surface area contributed by atoms with Crippen LogP contribution < -0.4 is 20.7 Å². The second-order valence-corrected chi connectivity index (χ2v) is 7.11. The van der Waals surface area contributed by atoms with E-state index in [9.17, 15) is 18.0 Å². The van der Waals surface area contributed by atoms with Crippen molar-refractivity contribution in [3.05, 3.63) is 65.7 Å². The van der Waals surface area contributed by atoms with E-state index in [-0.39, 0.29) is 18.0 Å². The fraction of sp³-hybridized carbons (Fsp3) is 0.222. The van der Waals surface area contributed by atoms with Gasteiger partial charge >= 0.3 is 16.3 Å². The number of amides is 3. The molecule has 0 unspecified atom stereocenters. The average Bonchev–Trinajstić information content (AvgIpc) is 2.66. The summed E-state index contributed by atoms with van der Waals surface area (Å²) >= 11 is 0. The van der Waals surface area contributed by atoms with Gasteiger partial charge in [-0.15, -0.1) is 0 Å². The molecule has 10 heteroatoms. The largest absolute Gasteiger partial charge is 0.357 e. The zero-order valence-corrected chi connectivity index (χ0v) is 16.0. The van der Waals surface area contributed by atoms with Crippen LogP contribution in [0.3, 0.4) is 0 Å². The number of rotatable bonds is 8. The van der Waals surface area contributed by atoms with Gasteiger partial charge in [0.2, 0.25) is 5.91 Å². The number of hydrogen-bond acceptors (Lipinski definition) is 4. The first kappa shape index (κ1) is 21.2. The Bertz CT molecular complexity index is 901. The van der Waals surface area contributed by atoms with Gasteiger partial charge in [0.1, 0.15) is 6.04 Å². The zero-order chi connectivity index (χ0) is 20.6. The molecular formula is C18H22N4O5S. The van der Waals surface area contributed by atoms with E-state index in [0.717, 1.165) is 5.56 Å². The first-order valence-corrected chi connectivity index (χ1v) is 9.85. The average molecular weight is 406 g/mol. The number of carbonyl (C=O) groups is 2. The molecule has 150 valence electrons. The lowest BCUT2D eigenvalue weighted by atomic mass is 10.0. The first-order valence-electron chi connectivity index (χ1n) is 8.41. The maximum atomic E-state index is 12.1. The molecule has 2 aromatic rings. The standard InChI is InChI=1S/C18H22N4O5S/c1-19-17(23)16(21-18(24)20-12-14-5-3-2-4-6-14)11-13-7-9-15(10-8-13)22-28(25,26)27/h2-10,16,22H,11-12H2,1H3,(H,19,23)(H2,20,21,24)(H,25,26,27)/t16-/m0/s1. The fourth-order valence-electron chi connectivity index (χ4n) is 2.46. The summed E-state index contributed by atoms with van der Waals surface area (Å²) < 4.78 is 32.3. The lowest BCUT2D eigenvalue weighted by Gasteiger charge is -2.18. The number of anilines is 1. The minimum Gasteiger partial charge on any atom is -0.357 e. The first-order chi connectivity index (χ1) is 13.3. The van der Waals surface area contributed by atoms with Crippen molar-refractivity contribution < 1.29 is 22.6 Å². The Morgan fingerprint density at radius 1 is 1.00 bits per heavy atom. The van der Waals surface area contributed by atoms with Crippen molar-refractivity contribution in [2.24, 2.45) is 0 Å². The molecule has 2 aromatic carbocycles. The summed E-state index contributed by atoms with van der Waals surface area (Å²) in [5, 5.41) is 7.82. The Hall–Kier alpha value is -3.11. The van der Waals surface area contributed by atoms with Gasteiger partial charge in [0.15, 0.2) is 0 Å². The fourth-order valence-corrected chi connectivity index (χ4v) is 2.90. The molecular weight excluding hydrogens is 384 g/mol. The van der Waals surface area contributed by atoms with Crippen LogP contribution in [0, 0.1) is 0 Å². The molecule has 0 aliphatic rings. The number of benzene rings is 2. The molecule has 28 heavy (non-hydrogen) atoms. The highest BCUT2D eigenvalue weighted by Crippen LogP contribution is 2.12. The van der Waals surface area contributed by atoms with E-state index in [4.69, 9.17) is 4.55 Å². The van der Waals surface area contributed by atoms with Crippen LogP contribution in [-0.2, 0) is 28.1 Å². The summed E-state index contributed by atoms with van der Waals surface area (Å²) in [7, 11) is -2.88. The lowest BCUT2D eigenvalue weighted by Crippen LogP contribution is -2.50. The quantitative estimate of drug-likeness (QED) is 0.418. The Labute approximate surface area is 163 Å². The number of nitrogens with one attached hydrogen (secondary N) is 4. The molecule has 0 saturated carbocycles. The number of likely N-dealkylation sites (N-methyl/N-ethyl adjacent to an activating group) is 1. The molecule has 9 nitrogen and oxygen atoms in total. The highest BCUT2D eigenvalue weighted by Gasteiger charge is 2.20. The van der Waals surface area contributed by atoms with Gasteiger partial charge in [-0.3, -0.25) is 14.1 Å². The molecule has 0 bridgehead atoms. The Morgan fingerprint density at radius 3 is 2.21 bits per heavy atom. The van der Waals surface area contributed by atoms with Gasteiger partial charge in [-0.2, -0.15) is 8.42 Å². The van der Waals surface area contributed by atoms with Crippen LogP contribution in [0.25, 0.3) is 0 Å². The number of hydrogen-bond donors (Lipinski definition) is 5. The van der Waals surface area contributed by atoms with Crippen LogP contribution in [0.5, 0.6) is 0 Å². The molecule has 0 fully saturated rings. The van der Waals surface area contributed by atoms with E-state index in [1.165, 1.54) is 19.2 Å². The summed E-state index contributed by atoms with van der Waals surface area (Å²) in [6.07, 6.45) is 0.199. The van der Waals surface area contributed by atoms with Crippen molar-refractivity contribution in [3.63, 3.8) is 0 Å². The predicted octanol–water partition coefficient (Wildman–Crippen LogP) is 1.06. The maximum Gasteiger partial charge on any atom is 0.357 e. The SMILES string of the molecule is CNC(=O)[C@H](Cc1ccc(NS(=O)(=O)O)cc1)NC(=O)NCc1ccccc1. The van der Waals surface area contributed by atoms with Crippen LogP contribution >= 0.6 is 0 Å². The Balaban J connectivity index is 1.97. The third kappa shape index (κ3) is 7.25. The summed E-state index contributed by atoms with van der Waals surface area (Å²) in [4.78, 5) is 24.2. The van der Waals surface area contributed by atoms with E-state index in [0.29, 0.717) is 12.1 Å². The molecule has 0 aromatic heterocycles. The van der Waals surface area contributed by atoms with Crippen LogP contribution in [-0.4, -0.2) is 38.0 Å². The molecule has 0 saturated heterocycles. The van der Waals surface area contributed by atoms with Crippen molar-refractivity contribution >= 4 is 27.9 Å².